The zero-order chi connectivity index (χ0) is 8.97. The van der Waals surface area contributed by atoms with Gasteiger partial charge >= 0.3 is 5.69 Å². The van der Waals surface area contributed by atoms with E-state index >= 15 is 0 Å². The molecule has 0 unspecified atom stereocenters. The summed E-state index contributed by atoms with van der Waals surface area (Å²) < 4.78 is 0. The average Bonchev–Trinajstić information content (AvgIpc) is 2.35. The van der Waals surface area contributed by atoms with Crippen molar-refractivity contribution in [1.29, 1.82) is 0 Å². The standard InChI is InChI=1S/C7H14N4O/c1-5(2)8-4-3-6-9-7(12)11-10-6/h5,8H,3-4H2,1-2H3,(H2,9,10,11,12). The third-order valence-corrected chi connectivity index (χ3v) is 1.46. The summed E-state index contributed by atoms with van der Waals surface area (Å²) in [6, 6.07) is 0.468. The van der Waals surface area contributed by atoms with Crippen LogP contribution in [0.1, 0.15) is 19.7 Å². The zero-order valence-corrected chi connectivity index (χ0v) is 7.35. The van der Waals surface area contributed by atoms with E-state index in [1.807, 2.05) is 0 Å². The van der Waals surface area contributed by atoms with E-state index in [0.717, 1.165) is 13.0 Å². The Bertz CT molecular complexity index is 275. The number of hydrogen-bond acceptors (Lipinski definition) is 3. The smallest absolute Gasteiger partial charge is 0.314 e. The second-order valence-electron chi connectivity index (χ2n) is 2.98. The molecule has 3 N–H and O–H groups in total. The van der Waals surface area contributed by atoms with Gasteiger partial charge in [0.05, 0.1) is 0 Å². The Morgan fingerprint density at radius 2 is 2.33 bits per heavy atom. The quantitative estimate of drug-likeness (QED) is 0.577. The van der Waals surface area contributed by atoms with Gasteiger partial charge in [-0.2, -0.15) is 5.10 Å². The van der Waals surface area contributed by atoms with Gasteiger partial charge in [0.15, 0.2) is 0 Å². The molecule has 0 aliphatic carbocycles. The van der Waals surface area contributed by atoms with Crippen molar-refractivity contribution in [3.05, 3.63) is 16.3 Å². The van der Waals surface area contributed by atoms with Crippen molar-refractivity contribution in [1.82, 2.24) is 20.5 Å². The van der Waals surface area contributed by atoms with Crippen LogP contribution in [0.4, 0.5) is 0 Å². The minimum Gasteiger partial charge on any atom is -0.314 e. The Balaban J connectivity index is 2.29. The van der Waals surface area contributed by atoms with Crippen LogP contribution in [-0.4, -0.2) is 27.8 Å². The number of nitrogens with zero attached hydrogens (tertiary/aromatic N) is 1. The van der Waals surface area contributed by atoms with Crippen LogP contribution < -0.4 is 11.0 Å². The summed E-state index contributed by atoms with van der Waals surface area (Å²) in [5.74, 6) is 0.702. The van der Waals surface area contributed by atoms with E-state index in [-0.39, 0.29) is 5.69 Å². The Kier molecular flexibility index (Phi) is 3.04. The fourth-order valence-corrected chi connectivity index (χ4v) is 0.903. The highest BCUT2D eigenvalue weighted by molar-refractivity contribution is 4.81. The average molecular weight is 170 g/mol. The number of H-pyrrole nitrogens is 2. The van der Waals surface area contributed by atoms with Crippen LogP contribution >= 0.6 is 0 Å². The Morgan fingerprint density at radius 3 is 2.83 bits per heavy atom. The van der Waals surface area contributed by atoms with Gasteiger partial charge in [0.25, 0.3) is 0 Å². The van der Waals surface area contributed by atoms with Crippen LogP contribution in [0, 0.1) is 0 Å². The summed E-state index contributed by atoms with van der Waals surface area (Å²) in [4.78, 5) is 13.2. The van der Waals surface area contributed by atoms with E-state index in [1.54, 1.807) is 0 Å². The van der Waals surface area contributed by atoms with Crippen LogP contribution in [0.3, 0.4) is 0 Å². The molecule has 0 bridgehead atoms. The van der Waals surface area contributed by atoms with Crippen molar-refractivity contribution >= 4 is 0 Å². The maximum Gasteiger partial charge on any atom is 0.340 e. The zero-order valence-electron chi connectivity index (χ0n) is 7.35. The minimum atomic E-state index is -0.241. The second-order valence-corrected chi connectivity index (χ2v) is 2.98. The first-order valence-corrected chi connectivity index (χ1v) is 4.05. The molecule has 0 aliphatic heterocycles. The van der Waals surface area contributed by atoms with Gasteiger partial charge in [-0.15, -0.1) is 0 Å². The van der Waals surface area contributed by atoms with E-state index in [4.69, 9.17) is 0 Å². The highest BCUT2D eigenvalue weighted by Gasteiger charge is 1.97. The van der Waals surface area contributed by atoms with Crippen LogP contribution in [0.2, 0.25) is 0 Å². The maximum absolute atomic E-state index is 10.6. The van der Waals surface area contributed by atoms with E-state index < -0.39 is 0 Å². The largest absolute Gasteiger partial charge is 0.340 e. The summed E-state index contributed by atoms with van der Waals surface area (Å²) in [6.07, 6.45) is 0.747. The molecule has 0 radical (unpaired) electrons. The predicted molar refractivity (Wildman–Crippen MR) is 46.1 cm³/mol. The maximum atomic E-state index is 10.6. The Labute approximate surface area is 70.6 Å². The molecule has 1 aromatic rings. The summed E-state index contributed by atoms with van der Waals surface area (Å²) in [5.41, 5.74) is -0.241. The van der Waals surface area contributed by atoms with Crippen molar-refractivity contribution in [2.45, 2.75) is 26.3 Å². The van der Waals surface area contributed by atoms with Crippen molar-refractivity contribution in [3.63, 3.8) is 0 Å². The molecule has 0 saturated heterocycles. The molecule has 0 amide bonds. The number of hydrogen-bond donors (Lipinski definition) is 3. The summed E-state index contributed by atoms with van der Waals surface area (Å²) in [7, 11) is 0. The minimum absolute atomic E-state index is 0.241. The van der Waals surface area contributed by atoms with Gasteiger partial charge < -0.3 is 5.32 Å². The highest BCUT2D eigenvalue weighted by atomic mass is 16.1. The third kappa shape index (κ3) is 2.87. The van der Waals surface area contributed by atoms with Gasteiger partial charge in [0.1, 0.15) is 5.82 Å². The normalized spacial score (nSPS) is 10.9. The van der Waals surface area contributed by atoms with Gasteiger partial charge in [0, 0.05) is 19.0 Å². The van der Waals surface area contributed by atoms with Gasteiger partial charge in [-0.3, -0.25) is 4.98 Å². The fraction of sp³-hybridized carbons (Fsp3) is 0.714. The molecule has 12 heavy (non-hydrogen) atoms. The molecule has 0 aromatic carbocycles. The summed E-state index contributed by atoms with van der Waals surface area (Å²) in [6.45, 7) is 4.99. The molecule has 1 aromatic heterocycles. The molecule has 0 atom stereocenters. The molecule has 0 aliphatic rings. The molecule has 1 rings (SSSR count). The molecule has 1 heterocycles. The van der Waals surface area contributed by atoms with Crippen molar-refractivity contribution < 1.29 is 0 Å². The third-order valence-electron chi connectivity index (χ3n) is 1.46. The SMILES string of the molecule is CC(C)NCCc1n[nH]c(=O)[nH]1. The lowest BCUT2D eigenvalue weighted by molar-refractivity contribution is 0.583. The summed E-state index contributed by atoms with van der Waals surface area (Å²) >= 11 is 0. The second kappa shape index (κ2) is 4.06. The topological polar surface area (TPSA) is 73.6 Å². The first kappa shape index (κ1) is 8.99. The predicted octanol–water partition coefficient (Wildman–Crippen LogP) is -0.362. The van der Waals surface area contributed by atoms with Crippen molar-refractivity contribution in [3.8, 4) is 0 Å². The van der Waals surface area contributed by atoms with E-state index in [0.29, 0.717) is 11.9 Å². The molecule has 0 saturated carbocycles. The van der Waals surface area contributed by atoms with E-state index in [2.05, 4.69) is 34.3 Å². The number of nitrogens with one attached hydrogen (secondary N) is 3. The monoisotopic (exact) mass is 170 g/mol. The molecule has 5 heteroatoms. The van der Waals surface area contributed by atoms with Gasteiger partial charge in [-0.05, 0) is 0 Å². The number of rotatable bonds is 4. The lowest BCUT2D eigenvalue weighted by atomic mass is 10.3. The van der Waals surface area contributed by atoms with Gasteiger partial charge in [0.2, 0.25) is 0 Å². The van der Waals surface area contributed by atoms with Crippen molar-refractivity contribution in [2.24, 2.45) is 0 Å². The number of aromatic amines is 2. The molecule has 5 nitrogen and oxygen atoms in total. The molecule has 68 valence electrons. The highest BCUT2D eigenvalue weighted by Crippen LogP contribution is 1.84. The summed E-state index contributed by atoms with van der Waals surface area (Å²) in [5, 5.41) is 9.32. The van der Waals surface area contributed by atoms with E-state index in [9.17, 15) is 4.79 Å². The molecule has 0 spiro atoms. The van der Waals surface area contributed by atoms with E-state index in [1.165, 1.54) is 0 Å². The van der Waals surface area contributed by atoms with Gasteiger partial charge in [-0.1, -0.05) is 13.8 Å². The lowest BCUT2D eigenvalue weighted by Gasteiger charge is -2.05. The molecular weight excluding hydrogens is 156 g/mol. The first-order chi connectivity index (χ1) is 5.68. The lowest BCUT2D eigenvalue weighted by Crippen LogP contribution is -2.25. The van der Waals surface area contributed by atoms with Crippen LogP contribution in [0.15, 0.2) is 4.79 Å². The van der Waals surface area contributed by atoms with Gasteiger partial charge in [-0.25, -0.2) is 9.89 Å². The van der Waals surface area contributed by atoms with Crippen molar-refractivity contribution in [2.75, 3.05) is 6.54 Å². The number of aromatic nitrogens is 3. The molecule has 0 fully saturated rings. The Morgan fingerprint density at radius 1 is 1.58 bits per heavy atom. The van der Waals surface area contributed by atoms with Crippen LogP contribution in [0.25, 0.3) is 0 Å². The van der Waals surface area contributed by atoms with Crippen LogP contribution in [0.5, 0.6) is 0 Å². The molecular formula is C7H14N4O. The first-order valence-electron chi connectivity index (χ1n) is 4.05. The van der Waals surface area contributed by atoms with Crippen LogP contribution in [-0.2, 0) is 6.42 Å². The fourth-order valence-electron chi connectivity index (χ4n) is 0.903. The Hall–Kier alpha value is -1.10.